The first-order valence-corrected chi connectivity index (χ1v) is 6.68. The summed E-state index contributed by atoms with van der Waals surface area (Å²) < 4.78 is 1.98. The highest BCUT2D eigenvalue weighted by Gasteiger charge is 2.05. The van der Waals surface area contributed by atoms with Crippen molar-refractivity contribution in [3.8, 4) is 11.4 Å². The maximum atomic E-state index is 11.9. The summed E-state index contributed by atoms with van der Waals surface area (Å²) in [4.78, 5) is 16.0. The number of benzene rings is 1. The van der Waals surface area contributed by atoms with Gasteiger partial charge in [0.1, 0.15) is 6.33 Å². The maximum Gasteiger partial charge on any atom is 0.226 e. The summed E-state index contributed by atoms with van der Waals surface area (Å²) in [6, 6.07) is 11.4. The fourth-order valence-corrected chi connectivity index (χ4v) is 2.06. The molecule has 0 radical (unpaired) electrons. The number of hydrogen-bond acceptors (Lipinski definition) is 3. The summed E-state index contributed by atoms with van der Waals surface area (Å²) in [5, 5.41) is 9.51. The number of rotatable bonds is 5. The molecule has 0 unspecified atom stereocenters. The van der Waals surface area contributed by atoms with Crippen LogP contribution in [0.25, 0.3) is 11.4 Å². The van der Waals surface area contributed by atoms with Crippen molar-refractivity contribution in [3.63, 3.8) is 0 Å². The average molecular weight is 281 g/mol. The third-order valence-corrected chi connectivity index (χ3v) is 3.10. The molecule has 1 aromatic carbocycles. The van der Waals surface area contributed by atoms with Crippen molar-refractivity contribution in [2.45, 2.75) is 13.0 Å². The molecule has 2 N–H and O–H groups in total. The predicted octanol–water partition coefficient (Wildman–Crippen LogP) is 2.30. The van der Waals surface area contributed by atoms with Crippen LogP contribution in [0.15, 0.2) is 55.1 Å². The van der Waals surface area contributed by atoms with Gasteiger partial charge in [-0.15, -0.1) is 0 Å². The van der Waals surface area contributed by atoms with Gasteiger partial charge in [0.2, 0.25) is 5.91 Å². The Morgan fingerprint density at radius 3 is 2.86 bits per heavy atom. The van der Waals surface area contributed by atoms with Gasteiger partial charge in [-0.05, 0) is 24.3 Å². The topological polar surface area (TPSA) is 75.6 Å². The number of aromatic nitrogens is 4. The molecule has 3 rings (SSSR count). The van der Waals surface area contributed by atoms with Crippen LogP contribution in [0.2, 0.25) is 0 Å². The Balaban J connectivity index is 1.62. The molecule has 0 fully saturated rings. The summed E-state index contributed by atoms with van der Waals surface area (Å²) in [6.07, 6.45) is 5.77. The van der Waals surface area contributed by atoms with E-state index in [0.717, 1.165) is 11.3 Å². The molecule has 1 amide bonds. The number of hydrogen-bond donors (Lipinski definition) is 2. The zero-order chi connectivity index (χ0) is 14.5. The van der Waals surface area contributed by atoms with E-state index in [1.165, 1.54) is 6.33 Å². The minimum atomic E-state index is -0.0154. The van der Waals surface area contributed by atoms with Gasteiger partial charge in [0, 0.05) is 36.6 Å². The van der Waals surface area contributed by atoms with Crippen LogP contribution < -0.4 is 5.32 Å². The first kappa shape index (κ1) is 13.1. The molecule has 2 heterocycles. The van der Waals surface area contributed by atoms with Gasteiger partial charge in [0.25, 0.3) is 0 Å². The third kappa shape index (κ3) is 3.36. The molecule has 2 aromatic heterocycles. The number of nitrogens with zero attached hydrogens (tertiary/aromatic N) is 3. The lowest BCUT2D eigenvalue weighted by molar-refractivity contribution is -0.116. The van der Waals surface area contributed by atoms with Crippen LogP contribution in [0.1, 0.15) is 6.42 Å². The lowest BCUT2D eigenvalue weighted by atomic mass is 10.2. The summed E-state index contributed by atoms with van der Waals surface area (Å²) in [6.45, 7) is 0.667. The van der Waals surface area contributed by atoms with E-state index in [4.69, 9.17) is 0 Å². The molecule has 6 heteroatoms. The van der Waals surface area contributed by atoms with Crippen LogP contribution in [0.3, 0.4) is 0 Å². The number of amides is 1. The van der Waals surface area contributed by atoms with Crippen LogP contribution >= 0.6 is 0 Å². The van der Waals surface area contributed by atoms with E-state index in [9.17, 15) is 4.79 Å². The normalized spacial score (nSPS) is 10.5. The molecule has 0 bridgehead atoms. The summed E-state index contributed by atoms with van der Waals surface area (Å²) in [5.41, 5.74) is 1.64. The molecule has 6 nitrogen and oxygen atoms in total. The Labute approximate surface area is 121 Å². The lowest BCUT2D eigenvalue weighted by Gasteiger charge is -2.07. The lowest BCUT2D eigenvalue weighted by Crippen LogP contribution is -2.14. The average Bonchev–Trinajstić information content (AvgIpc) is 3.19. The number of anilines is 1. The second-order valence-corrected chi connectivity index (χ2v) is 4.63. The number of H-pyrrole nitrogens is 1. The summed E-state index contributed by atoms with van der Waals surface area (Å²) in [5.74, 6) is 0.664. The Morgan fingerprint density at radius 1 is 1.24 bits per heavy atom. The van der Waals surface area contributed by atoms with Crippen molar-refractivity contribution in [2.75, 3.05) is 5.32 Å². The molecular formula is C15H15N5O. The highest BCUT2D eigenvalue weighted by molar-refractivity contribution is 5.91. The van der Waals surface area contributed by atoms with Gasteiger partial charge in [-0.2, -0.15) is 5.10 Å². The van der Waals surface area contributed by atoms with Crippen LogP contribution in [0.5, 0.6) is 0 Å². The summed E-state index contributed by atoms with van der Waals surface area (Å²) >= 11 is 0. The zero-order valence-corrected chi connectivity index (χ0v) is 11.4. The van der Waals surface area contributed by atoms with E-state index in [1.807, 2.05) is 53.4 Å². The molecule has 0 saturated carbocycles. The molecule has 0 aliphatic rings. The smallest absolute Gasteiger partial charge is 0.226 e. The van der Waals surface area contributed by atoms with Crippen molar-refractivity contribution < 1.29 is 4.79 Å². The molecule has 21 heavy (non-hydrogen) atoms. The number of aromatic amines is 1. The van der Waals surface area contributed by atoms with Crippen molar-refractivity contribution in [2.24, 2.45) is 0 Å². The second-order valence-electron chi connectivity index (χ2n) is 4.63. The van der Waals surface area contributed by atoms with Gasteiger partial charge >= 0.3 is 0 Å². The van der Waals surface area contributed by atoms with Gasteiger partial charge in [-0.25, -0.2) is 4.98 Å². The standard InChI is InChI=1S/C15H15N5O/c21-14(6-9-20-7-1-2-8-20)18-13-5-3-4-12(10-13)15-16-11-17-19-15/h1-5,7-8,10-11H,6,9H2,(H,18,21)(H,16,17,19). The molecule has 0 atom stereocenters. The highest BCUT2D eigenvalue weighted by atomic mass is 16.1. The van der Waals surface area contributed by atoms with Crippen molar-refractivity contribution in [1.29, 1.82) is 0 Å². The fraction of sp³-hybridized carbons (Fsp3) is 0.133. The van der Waals surface area contributed by atoms with Crippen LogP contribution in [-0.2, 0) is 11.3 Å². The van der Waals surface area contributed by atoms with E-state index in [-0.39, 0.29) is 5.91 Å². The molecule has 0 spiro atoms. The third-order valence-electron chi connectivity index (χ3n) is 3.10. The monoisotopic (exact) mass is 281 g/mol. The van der Waals surface area contributed by atoms with Gasteiger partial charge in [0.15, 0.2) is 5.82 Å². The van der Waals surface area contributed by atoms with Gasteiger partial charge in [0.05, 0.1) is 0 Å². The summed E-state index contributed by atoms with van der Waals surface area (Å²) in [7, 11) is 0. The van der Waals surface area contributed by atoms with Crippen molar-refractivity contribution in [3.05, 3.63) is 55.1 Å². The van der Waals surface area contributed by atoms with Crippen LogP contribution in [0, 0.1) is 0 Å². The molecule has 0 saturated heterocycles. The first-order chi connectivity index (χ1) is 10.3. The SMILES string of the molecule is O=C(CCn1cccc1)Nc1cccc(-c2ncn[nH]2)c1. The minimum Gasteiger partial charge on any atom is -0.354 e. The molecule has 3 aromatic rings. The molecule has 0 aliphatic carbocycles. The van der Waals surface area contributed by atoms with Gasteiger partial charge < -0.3 is 9.88 Å². The maximum absolute atomic E-state index is 11.9. The Morgan fingerprint density at radius 2 is 2.10 bits per heavy atom. The Kier molecular flexibility index (Phi) is 3.77. The quantitative estimate of drug-likeness (QED) is 0.753. The predicted molar refractivity (Wildman–Crippen MR) is 79.5 cm³/mol. The van der Waals surface area contributed by atoms with E-state index in [1.54, 1.807) is 0 Å². The zero-order valence-electron chi connectivity index (χ0n) is 11.4. The number of carbonyl (C=O) groups is 1. The van der Waals surface area contributed by atoms with Crippen LogP contribution in [-0.4, -0.2) is 25.7 Å². The van der Waals surface area contributed by atoms with Crippen molar-refractivity contribution >= 4 is 11.6 Å². The molecular weight excluding hydrogens is 266 g/mol. The Bertz CT molecular complexity index is 704. The van der Waals surface area contributed by atoms with E-state index in [2.05, 4.69) is 20.5 Å². The van der Waals surface area contributed by atoms with E-state index in [0.29, 0.717) is 18.8 Å². The van der Waals surface area contributed by atoms with Gasteiger partial charge in [-0.3, -0.25) is 9.89 Å². The van der Waals surface area contributed by atoms with Crippen molar-refractivity contribution in [1.82, 2.24) is 19.7 Å². The molecule has 106 valence electrons. The largest absolute Gasteiger partial charge is 0.354 e. The highest BCUT2D eigenvalue weighted by Crippen LogP contribution is 2.18. The van der Waals surface area contributed by atoms with E-state index >= 15 is 0 Å². The number of carbonyl (C=O) groups excluding carboxylic acids is 1. The van der Waals surface area contributed by atoms with Gasteiger partial charge in [-0.1, -0.05) is 12.1 Å². The van der Waals surface area contributed by atoms with E-state index < -0.39 is 0 Å². The fourth-order valence-electron chi connectivity index (χ4n) is 2.06. The molecule has 0 aliphatic heterocycles. The van der Waals surface area contributed by atoms with Crippen LogP contribution in [0.4, 0.5) is 5.69 Å². The number of aryl methyl sites for hydroxylation is 1. The second kappa shape index (κ2) is 6.04. The minimum absolute atomic E-state index is 0.0154. The Hall–Kier alpha value is -2.89. The number of nitrogens with one attached hydrogen (secondary N) is 2. The first-order valence-electron chi connectivity index (χ1n) is 6.68.